The Bertz CT molecular complexity index is 452. The Labute approximate surface area is 93.1 Å². The molecule has 0 aliphatic rings. The van der Waals surface area contributed by atoms with Gasteiger partial charge in [-0.15, -0.1) is 11.8 Å². The first kappa shape index (κ1) is 10.3. The zero-order chi connectivity index (χ0) is 10.7. The maximum absolute atomic E-state index is 4.50. The SMILES string of the molecule is CCCSc1nc(NC)cn2ccnc12. The van der Waals surface area contributed by atoms with Crippen LogP contribution < -0.4 is 5.32 Å². The maximum Gasteiger partial charge on any atom is 0.169 e. The van der Waals surface area contributed by atoms with Gasteiger partial charge in [-0.1, -0.05) is 6.92 Å². The fraction of sp³-hybridized carbons (Fsp3) is 0.400. The lowest BCUT2D eigenvalue weighted by atomic mass is 10.6. The van der Waals surface area contributed by atoms with Crippen molar-refractivity contribution in [2.24, 2.45) is 0 Å². The van der Waals surface area contributed by atoms with E-state index in [9.17, 15) is 0 Å². The van der Waals surface area contributed by atoms with Gasteiger partial charge < -0.3 is 9.72 Å². The minimum atomic E-state index is 0.874. The average molecular weight is 222 g/mol. The molecule has 5 heteroatoms. The van der Waals surface area contributed by atoms with Crippen LogP contribution in [0.4, 0.5) is 5.82 Å². The van der Waals surface area contributed by atoms with Gasteiger partial charge in [0.1, 0.15) is 10.8 Å². The van der Waals surface area contributed by atoms with E-state index in [1.807, 2.05) is 23.8 Å². The molecule has 2 rings (SSSR count). The minimum Gasteiger partial charge on any atom is -0.372 e. The number of hydrogen-bond acceptors (Lipinski definition) is 4. The summed E-state index contributed by atoms with van der Waals surface area (Å²) in [6.45, 7) is 2.16. The van der Waals surface area contributed by atoms with E-state index in [4.69, 9.17) is 0 Å². The van der Waals surface area contributed by atoms with Crippen LogP contribution in [0, 0.1) is 0 Å². The molecule has 15 heavy (non-hydrogen) atoms. The molecule has 4 nitrogen and oxygen atoms in total. The van der Waals surface area contributed by atoms with Gasteiger partial charge in [0.2, 0.25) is 0 Å². The van der Waals surface area contributed by atoms with Gasteiger partial charge in [-0.25, -0.2) is 9.97 Å². The first-order valence-corrected chi connectivity index (χ1v) is 5.98. The summed E-state index contributed by atoms with van der Waals surface area (Å²) in [7, 11) is 1.87. The molecule has 0 bridgehead atoms. The summed E-state index contributed by atoms with van der Waals surface area (Å²) < 4.78 is 2.00. The van der Waals surface area contributed by atoms with E-state index < -0.39 is 0 Å². The van der Waals surface area contributed by atoms with Gasteiger partial charge in [0.15, 0.2) is 5.65 Å². The van der Waals surface area contributed by atoms with Crippen LogP contribution in [0.2, 0.25) is 0 Å². The molecule has 1 N–H and O–H groups in total. The predicted molar refractivity (Wildman–Crippen MR) is 63.5 cm³/mol. The maximum atomic E-state index is 4.50. The van der Waals surface area contributed by atoms with Gasteiger partial charge >= 0.3 is 0 Å². The Morgan fingerprint density at radius 1 is 1.53 bits per heavy atom. The minimum absolute atomic E-state index is 0.874. The van der Waals surface area contributed by atoms with E-state index in [-0.39, 0.29) is 0 Å². The second kappa shape index (κ2) is 4.53. The number of rotatable bonds is 4. The van der Waals surface area contributed by atoms with Gasteiger partial charge in [-0.3, -0.25) is 0 Å². The van der Waals surface area contributed by atoms with Crippen molar-refractivity contribution in [2.45, 2.75) is 18.4 Å². The molecule has 2 aromatic rings. The highest BCUT2D eigenvalue weighted by atomic mass is 32.2. The second-order valence-electron chi connectivity index (χ2n) is 3.19. The highest BCUT2D eigenvalue weighted by Crippen LogP contribution is 2.22. The molecule has 0 atom stereocenters. The molecule has 0 aliphatic carbocycles. The predicted octanol–water partition coefficient (Wildman–Crippen LogP) is 2.27. The summed E-state index contributed by atoms with van der Waals surface area (Å²) in [4.78, 5) is 8.80. The average Bonchev–Trinajstić information content (AvgIpc) is 2.73. The number of hydrogen-bond donors (Lipinski definition) is 1. The normalized spacial score (nSPS) is 10.8. The molecule has 0 unspecified atom stereocenters. The van der Waals surface area contributed by atoms with Crippen molar-refractivity contribution in [3.8, 4) is 0 Å². The third kappa shape index (κ3) is 2.07. The molecule has 0 spiro atoms. The summed E-state index contributed by atoms with van der Waals surface area (Å²) in [5.41, 5.74) is 0.937. The zero-order valence-corrected chi connectivity index (χ0v) is 9.71. The number of imidazole rings is 1. The summed E-state index contributed by atoms with van der Waals surface area (Å²) in [6, 6.07) is 0. The molecular formula is C10H14N4S. The van der Waals surface area contributed by atoms with Gasteiger partial charge in [0.05, 0.1) is 6.20 Å². The quantitative estimate of drug-likeness (QED) is 0.806. The van der Waals surface area contributed by atoms with Crippen molar-refractivity contribution in [1.82, 2.24) is 14.4 Å². The van der Waals surface area contributed by atoms with Gasteiger partial charge in [0, 0.05) is 19.4 Å². The smallest absolute Gasteiger partial charge is 0.169 e. The molecule has 80 valence electrons. The molecule has 0 aliphatic heterocycles. The Hall–Kier alpha value is -1.23. The van der Waals surface area contributed by atoms with Crippen LogP contribution in [0.1, 0.15) is 13.3 Å². The number of aromatic nitrogens is 3. The van der Waals surface area contributed by atoms with Crippen molar-refractivity contribution >= 4 is 23.2 Å². The number of anilines is 1. The second-order valence-corrected chi connectivity index (χ2v) is 4.27. The Morgan fingerprint density at radius 2 is 2.40 bits per heavy atom. The Balaban J connectivity index is 2.43. The molecular weight excluding hydrogens is 208 g/mol. The van der Waals surface area contributed by atoms with Crippen LogP contribution in [0.3, 0.4) is 0 Å². The van der Waals surface area contributed by atoms with Gasteiger partial charge in [-0.05, 0) is 12.2 Å². The summed E-state index contributed by atoms with van der Waals surface area (Å²) in [5, 5.41) is 4.05. The molecule has 2 heterocycles. The van der Waals surface area contributed by atoms with Crippen molar-refractivity contribution in [3.63, 3.8) is 0 Å². The van der Waals surface area contributed by atoms with Crippen LogP contribution in [-0.4, -0.2) is 27.2 Å². The lowest BCUT2D eigenvalue weighted by Gasteiger charge is -2.05. The third-order valence-corrected chi connectivity index (χ3v) is 3.20. The fourth-order valence-corrected chi connectivity index (χ4v) is 2.17. The first-order valence-electron chi connectivity index (χ1n) is 4.99. The van der Waals surface area contributed by atoms with Crippen molar-refractivity contribution < 1.29 is 0 Å². The molecule has 2 aromatic heterocycles. The lowest BCUT2D eigenvalue weighted by molar-refractivity contribution is 1.02. The molecule has 0 saturated carbocycles. The van der Waals surface area contributed by atoms with Crippen molar-refractivity contribution in [1.29, 1.82) is 0 Å². The standard InChI is InChI=1S/C10H14N4S/c1-3-6-15-10-9-12-4-5-14(9)7-8(11-2)13-10/h4-5,7,11H,3,6H2,1-2H3. The molecule has 0 amide bonds. The van der Waals surface area contributed by atoms with E-state index in [1.165, 1.54) is 0 Å². The van der Waals surface area contributed by atoms with E-state index >= 15 is 0 Å². The van der Waals surface area contributed by atoms with E-state index in [2.05, 4.69) is 22.2 Å². The largest absolute Gasteiger partial charge is 0.372 e. The first-order chi connectivity index (χ1) is 7.35. The van der Waals surface area contributed by atoms with Crippen LogP contribution in [0.15, 0.2) is 23.6 Å². The van der Waals surface area contributed by atoms with Crippen molar-refractivity contribution in [2.75, 3.05) is 18.1 Å². The van der Waals surface area contributed by atoms with E-state index in [1.54, 1.807) is 18.0 Å². The number of nitrogens with zero attached hydrogens (tertiary/aromatic N) is 3. The molecule has 0 radical (unpaired) electrons. The highest BCUT2D eigenvalue weighted by Gasteiger charge is 2.06. The van der Waals surface area contributed by atoms with Crippen LogP contribution in [0.25, 0.3) is 5.65 Å². The number of nitrogens with one attached hydrogen (secondary N) is 1. The van der Waals surface area contributed by atoms with Gasteiger partial charge in [0.25, 0.3) is 0 Å². The highest BCUT2D eigenvalue weighted by molar-refractivity contribution is 7.99. The van der Waals surface area contributed by atoms with Crippen LogP contribution >= 0.6 is 11.8 Å². The number of thioether (sulfide) groups is 1. The van der Waals surface area contributed by atoms with Crippen molar-refractivity contribution in [3.05, 3.63) is 18.6 Å². The monoisotopic (exact) mass is 222 g/mol. The fourth-order valence-electron chi connectivity index (χ4n) is 1.32. The third-order valence-electron chi connectivity index (χ3n) is 2.04. The van der Waals surface area contributed by atoms with Gasteiger partial charge in [-0.2, -0.15) is 0 Å². The topological polar surface area (TPSA) is 42.2 Å². The van der Waals surface area contributed by atoms with Crippen LogP contribution in [0.5, 0.6) is 0 Å². The summed E-state index contributed by atoms with van der Waals surface area (Å²) in [6.07, 6.45) is 6.82. The lowest BCUT2D eigenvalue weighted by Crippen LogP contribution is -1.98. The summed E-state index contributed by atoms with van der Waals surface area (Å²) in [5.74, 6) is 1.95. The van der Waals surface area contributed by atoms with Crippen LogP contribution in [-0.2, 0) is 0 Å². The Morgan fingerprint density at radius 3 is 3.13 bits per heavy atom. The molecule has 0 saturated heterocycles. The van der Waals surface area contributed by atoms with E-state index in [0.717, 1.165) is 28.7 Å². The molecule has 0 fully saturated rings. The number of fused-ring (bicyclic) bond motifs is 1. The molecule has 0 aromatic carbocycles. The Kier molecular flexibility index (Phi) is 3.11. The summed E-state index contributed by atoms with van der Waals surface area (Å²) >= 11 is 1.75. The zero-order valence-electron chi connectivity index (χ0n) is 8.90. The van der Waals surface area contributed by atoms with E-state index in [0.29, 0.717) is 0 Å².